The Hall–Kier alpha value is -5.91. The molecule has 0 aliphatic rings. The third-order valence-corrected chi connectivity index (χ3v) is 7.05. The van der Waals surface area contributed by atoms with Crippen molar-refractivity contribution < 1.29 is 24.1 Å². The Kier molecular flexibility index (Phi) is 10.4. The van der Waals surface area contributed by atoms with Crippen molar-refractivity contribution in [3.63, 3.8) is 0 Å². The molecule has 5 nitrogen and oxygen atoms in total. The van der Waals surface area contributed by atoms with Crippen LogP contribution in [0.2, 0.25) is 0 Å². The number of ether oxygens (including phenoxy) is 3. The molecule has 46 heavy (non-hydrogen) atoms. The van der Waals surface area contributed by atoms with E-state index in [1.165, 1.54) is 0 Å². The van der Waals surface area contributed by atoms with Crippen LogP contribution in [0.1, 0.15) is 53.4 Å². The maximum Gasteiger partial charge on any atom is 0.338 e. The van der Waals surface area contributed by atoms with Gasteiger partial charge in [0.1, 0.15) is 17.2 Å². The molecule has 0 unspecified atom stereocenters. The highest BCUT2D eigenvalue weighted by Gasteiger charge is 2.18. The molecule has 0 amide bonds. The lowest BCUT2D eigenvalue weighted by atomic mass is 9.93. The summed E-state index contributed by atoms with van der Waals surface area (Å²) in [5.41, 5.74) is 6.28. The summed E-state index contributed by atoms with van der Waals surface area (Å²) in [6, 6.07) is 33.7. The molecule has 0 fully saturated rings. The number of benzene rings is 5. The second kappa shape index (κ2) is 15.2. The normalized spacial score (nSPS) is 10.2. The van der Waals surface area contributed by atoms with E-state index < -0.39 is 5.97 Å². The molecule has 0 radical (unpaired) electrons. The topological polar surface area (TPSA) is 65.0 Å². The van der Waals surface area contributed by atoms with Gasteiger partial charge in [0.25, 0.3) is 0 Å². The smallest absolute Gasteiger partial charge is 0.338 e. The molecule has 5 rings (SSSR count). The van der Waals surface area contributed by atoms with E-state index in [9.17, 15) is 9.90 Å². The maximum absolute atomic E-state index is 12.8. The minimum atomic E-state index is -0.458. The lowest BCUT2D eigenvalue weighted by molar-refractivity contribution is 0.0526. The Bertz CT molecular complexity index is 1780. The molecule has 5 heteroatoms. The highest BCUT2D eigenvalue weighted by Crippen LogP contribution is 2.39. The number of hydrogen-bond acceptors (Lipinski definition) is 5. The Balaban J connectivity index is 1.41. The molecular formula is C41H34O5. The molecule has 0 saturated carbocycles. The minimum absolute atomic E-state index is 0.0643. The lowest BCUT2D eigenvalue weighted by Gasteiger charge is -2.14. The van der Waals surface area contributed by atoms with Gasteiger partial charge in [-0.2, -0.15) is 0 Å². The van der Waals surface area contributed by atoms with Crippen LogP contribution in [0.15, 0.2) is 109 Å². The molecule has 0 bridgehead atoms. The molecule has 0 aromatic heterocycles. The zero-order valence-electron chi connectivity index (χ0n) is 26.1. The molecule has 0 spiro atoms. The van der Waals surface area contributed by atoms with Crippen molar-refractivity contribution in [2.24, 2.45) is 0 Å². The first-order chi connectivity index (χ1) is 22.5. The van der Waals surface area contributed by atoms with E-state index in [0.717, 1.165) is 44.9 Å². The van der Waals surface area contributed by atoms with Crippen molar-refractivity contribution in [3.05, 3.63) is 137 Å². The van der Waals surface area contributed by atoms with E-state index in [1.807, 2.05) is 111 Å². The summed E-state index contributed by atoms with van der Waals surface area (Å²) in [5, 5.41) is 11.5. The van der Waals surface area contributed by atoms with Crippen molar-refractivity contribution in [2.75, 3.05) is 19.8 Å². The first kappa shape index (κ1) is 31.5. The largest absolute Gasteiger partial charge is 0.507 e. The molecule has 0 saturated heterocycles. The van der Waals surface area contributed by atoms with Gasteiger partial charge in [-0.3, -0.25) is 0 Å². The Morgan fingerprint density at radius 3 is 1.22 bits per heavy atom. The minimum Gasteiger partial charge on any atom is -0.507 e. The zero-order chi connectivity index (χ0) is 32.3. The van der Waals surface area contributed by atoms with Gasteiger partial charge in [-0.1, -0.05) is 47.9 Å². The number of rotatable bonds is 8. The van der Waals surface area contributed by atoms with Crippen molar-refractivity contribution in [2.45, 2.75) is 20.8 Å². The lowest BCUT2D eigenvalue weighted by Crippen LogP contribution is -2.05. The molecule has 5 aromatic rings. The van der Waals surface area contributed by atoms with E-state index in [-0.39, 0.29) is 12.4 Å². The van der Waals surface area contributed by atoms with Crippen LogP contribution in [-0.2, 0) is 4.74 Å². The summed E-state index contributed by atoms with van der Waals surface area (Å²) in [6.45, 7) is 7.14. The van der Waals surface area contributed by atoms with Crippen LogP contribution < -0.4 is 9.47 Å². The number of phenolic OH excluding ortho intramolecular Hbond substituents is 1. The number of carbonyl (C=O) groups is 1. The van der Waals surface area contributed by atoms with Gasteiger partial charge in [0.15, 0.2) is 0 Å². The second-order valence-corrected chi connectivity index (χ2v) is 10.2. The van der Waals surface area contributed by atoms with Gasteiger partial charge < -0.3 is 19.3 Å². The number of phenols is 1. The Labute approximate surface area is 270 Å². The van der Waals surface area contributed by atoms with Crippen LogP contribution in [0.25, 0.3) is 22.3 Å². The molecule has 0 aliphatic carbocycles. The van der Waals surface area contributed by atoms with E-state index in [4.69, 9.17) is 14.2 Å². The van der Waals surface area contributed by atoms with Crippen molar-refractivity contribution in [1.82, 2.24) is 0 Å². The van der Waals surface area contributed by atoms with E-state index in [0.29, 0.717) is 29.9 Å². The summed E-state index contributed by atoms with van der Waals surface area (Å²) in [4.78, 5) is 12.8. The molecule has 0 aliphatic heterocycles. The third kappa shape index (κ3) is 7.97. The van der Waals surface area contributed by atoms with Crippen molar-refractivity contribution in [1.29, 1.82) is 0 Å². The fraction of sp³-hybridized carbons (Fsp3) is 0.146. The Morgan fingerprint density at radius 2 is 0.891 bits per heavy atom. The van der Waals surface area contributed by atoms with Gasteiger partial charge in [-0.15, -0.1) is 0 Å². The predicted molar refractivity (Wildman–Crippen MR) is 182 cm³/mol. The highest BCUT2D eigenvalue weighted by atomic mass is 16.5. The zero-order valence-corrected chi connectivity index (χ0v) is 26.1. The Morgan fingerprint density at radius 1 is 0.543 bits per heavy atom. The maximum atomic E-state index is 12.8. The van der Waals surface area contributed by atoms with Gasteiger partial charge >= 0.3 is 5.97 Å². The number of aromatic hydroxyl groups is 1. The average molecular weight is 607 g/mol. The van der Waals surface area contributed by atoms with Gasteiger partial charge in [0.05, 0.1) is 25.4 Å². The monoisotopic (exact) mass is 606 g/mol. The highest BCUT2D eigenvalue weighted by molar-refractivity contribution is 5.96. The molecule has 228 valence electrons. The van der Waals surface area contributed by atoms with Crippen LogP contribution in [0.3, 0.4) is 0 Å². The van der Waals surface area contributed by atoms with Gasteiger partial charge in [0.2, 0.25) is 0 Å². The first-order valence-corrected chi connectivity index (χ1v) is 15.2. The first-order valence-electron chi connectivity index (χ1n) is 15.2. The van der Waals surface area contributed by atoms with E-state index in [2.05, 4.69) is 23.7 Å². The summed E-state index contributed by atoms with van der Waals surface area (Å²) < 4.78 is 16.3. The van der Waals surface area contributed by atoms with Gasteiger partial charge in [0, 0.05) is 33.4 Å². The van der Waals surface area contributed by atoms with Crippen LogP contribution in [-0.4, -0.2) is 30.9 Å². The standard InChI is InChI=1S/C41H34O5/c1-4-44-36-23-15-31(16-24-36)9-7-29-11-19-33(20-12-29)38-27-35(41(43)46-6-3)28-39(40(38)42)34-21-13-30(14-22-34)8-10-32-17-25-37(26-18-32)45-5-2/h11-28,42H,4-6H2,1-3H3. The number of carbonyl (C=O) groups excluding carboxylic acids is 1. The molecule has 0 heterocycles. The van der Waals surface area contributed by atoms with Crippen LogP contribution in [0.5, 0.6) is 17.2 Å². The van der Waals surface area contributed by atoms with Crippen molar-refractivity contribution in [3.8, 4) is 63.2 Å². The van der Waals surface area contributed by atoms with E-state index in [1.54, 1.807) is 19.1 Å². The summed E-state index contributed by atoms with van der Waals surface area (Å²) in [6.07, 6.45) is 0. The van der Waals surface area contributed by atoms with E-state index >= 15 is 0 Å². The van der Waals surface area contributed by atoms with Crippen LogP contribution in [0.4, 0.5) is 0 Å². The number of esters is 1. The molecular weight excluding hydrogens is 572 g/mol. The molecule has 1 N–H and O–H groups in total. The van der Waals surface area contributed by atoms with Crippen LogP contribution >= 0.6 is 0 Å². The van der Waals surface area contributed by atoms with Gasteiger partial charge in [-0.25, -0.2) is 4.79 Å². The fourth-order valence-electron chi connectivity index (χ4n) is 4.76. The fourth-order valence-corrected chi connectivity index (χ4v) is 4.76. The molecule has 5 aromatic carbocycles. The van der Waals surface area contributed by atoms with Gasteiger partial charge in [-0.05, 0) is 117 Å². The van der Waals surface area contributed by atoms with Crippen LogP contribution in [0, 0.1) is 23.7 Å². The van der Waals surface area contributed by atoms with Crippen molar-refractivity contribution >= 4 is 5.97 Å². The SMILES string of the molecule is CCOC(=O)c1cc(-c2ccc(C#Cc3ccc(OCC)cc3)cc2)c(O)c(-c2ccc(C#Cc3ccc(OCC)cc3)cc2)c1. The second-order valence-electron chi connectivity index (χ2n) is 10.2. The average Bonchev–Trinajstić information content (AvgIpc) is 3.09. The molecule has 0 atom stereocenters. The summed E-state index contributed by atoms with van der Waals surface area (Å²) >= 11 is 0. The number of hydrogen-bond donors (Lipinski definition) is 1. The predicted octanol–water partition coefficient (Wildman–Crippen LogP) is 8.50. The summed E-state index contributed by atoms with van der Waals surface area (Å²) in [7, 11) is 0. The summed E-state index contributed by atoms with van der Waals surface area (Å²) in [5.74, 6) is 13.9. The third-order valence-electron chi connectivity index (χ3n) is 7.05. The quantitative estimate of drug-likeness (QED) is 0.142.